The molecule has 346 valence electrons. The maximum absolute atomic E-state index is 12.6. The lowest BCUT2D eigenvalue weighted by atomic mass is 10.0. The lowest BCUT2D eigenvalue weighted by Gasteiger charge is -2.19. The van der Waals surface area contributed by atoms with Crippen LogP contribution >= 0.6 is 7.82 Å². The largest absolute Gasteiger partial charge is 0.472 e. The minimum Gasteiger partial charge on any atom is -0.462 e. The van der Waals surface area contributed by atoms with Gasteiger partial charge in [-0.15, -0.1) is 0 Å². The fourth-order valence-electron chi connectivity index (χ4n) is 6.29. The van der Waals surface area contributed by atoms with Crippen molar-refractivity contribution in [3.05, 3.63) is 60.8 Å². The number of esters is 2. The van der Waals surface area contributed by atoms with Crippen LogP contribution < -0.4 is 5.73 Å². The van der Waals surface area contributed by atoms with Gasteiger partial charge in [-0.05, 0) is 70.3 Å². The molecule has 0 saturated heterocycles. The molecule has 0 aliphatic heterocycles. The second kappa shape index (κ2) is 44.4. The Kier molecular flexibility index (Phi) is 42.5. The SMILES string of the molecule is CCCCC/C=C\C/C=C\C/C=C\C=C\C(=O)CCCC(=O)OC[C@H](COP(=O)(O)OCCN)OC(=O)CCCCCCCCCCCCC/C=C\CCCCCCCC. The first-order valence-electron chi connectivity index (χ1n) is 23.7. The Labute approximate surface area is 365 Å². The molecule has 2 atom stereocenters. The van der Waals surface area contributed by atoms with Gasteiger partial charge in [-0.3, -0.25) is 23.4 Å². The van der Waals surface area contributed by atoms with E-state index in [2.05, 4.69) is 50.3 Å². The van der Waals surface area contributed by atoms with Crippen LogP contribution in [0.3, 0.4) is 0 Å². The summed E-state index contributed by atoms with van der Waals surface area (Å²) in [5.41, 5.74) is 5.34. The molecule has 0 aromatic carbocycles. The number of ketones is 1. The van der Waals surface area contributed by atoms with Crippen molar-refractivity contribution in [3.63, 3.8) is 0 Å². The Bertz CT molecular complexity index is 1230. The van der Waals surface area contributed by atoms with Crippen molar-refractivity contribution in [2.75, 3.05) is 26.4 Å². The summed E-state index contributed by atoms with van der Waals surface area (Å²) in [6.45, 7) is 3.43. The molecule has 0 amide bonds. The monoisotopic (exact) mass is 864 g/mol. The van der Waals surface area contributed by atoms with E-state index in [0.29, 0.717) is 6.42 Å². The fraction of sp³-hybridized carbons (Fsp3) is 0.735. The summed E-state index contributed by atoms with van der Waals surface area (Å²) >= 11 is 0. The van der Waals surface area contributed by atoms with Crippen LogP contribution in [0.25, 0.3) is 0 Å². The first kappa shape index (κ1) is 57.4. The predicted octanol–water partition coefficient (Wildman–Crippen LogP) is 13.2. The number of nitrogens with two attached hydrogens (primary N) is 1. The molecule has 0 fully saturated rings. The molecule has 10 nitrogen and oxygen atoms in total. The van der Waals surface area contributed by atoms with Crippen LogP contribution in [0.1, 0.15) is 200 Å². The molecule has 60 heavy (non-hydrogen) atoms. The number of hydrogen-bond donors (Lipinski definition) is 2. The lowest BCUT2D eigenvalue weighted by molar-refractivity contribution is -0.161. The molecule has 1 unspecified atom stereocenters. The molecule has 0 aromatic rings. The summed E-state index contributed by atoms with van der Waals surface area (Å²) < 4.78 is 32.6. The molecule has 3 N–H and O–H groups in total. The molecule has 0 aliphatic rings. The van der Waals surface area contributed by atoms with Gasteiger partial charge in [0.05, 0.1) is 13.2 Å². The zero-order valence-electron chi connectivity index (χ0n) is 37.9. The minimum absolute atomic E-state index is 0.00977. The molecule has 0 rings (SSSR count). The molecular weight excluding hydrogens is 778 g/mol. The first-order valence-corrected chi connectivity index (χ1v) is 25.2. The quantitative estimate of drug-likeness (QED) is 0.0151. The highest BCUT2D eigenvalue weighted by Gasteiger charge is 2.26. The fourth-order valence-corrected chi connectivity index (χ4v) is 7.05. The molecule has 0 aliphatic carbocycles. The summed E-state index contributed by atoms with van der Waals surface area (Å²) in [4.78, 5) is 47.1. The van der Waals surface area contributed by atoms with Gasteiger partial charge in [-0.1, -0.05) is 171 Å². The van der Waals surface area contributed by atoms with Gasteiger partial charge >= 0.3 is 19.8 Å². The number of phosphoric acid groups is 1. The number of rotatable bonds is 44. The highest BCUT2D eigenvalue weighted by molar-refractivity contribution is 7.47. The topological polar surface area (TPSA) is 151 Å². The zero-order chi connectivity index (χ0) is 44.0. The Hall–Kier alpha value is -2.62. The summed E-state index contributed by atoms with van der Waals surface area (Å²) in [5, 5.41) is 0. The Morgan fingerprint density at radius 1 is 0.550 bits per heavy atom. The van der Waals surface area contributed by atoms with E-state index < -0.39 is 32.5 Å². The van der Waals surface area contributed by atoms with Gasteiger partial charge < -0.3 is 20.1 Å². The van der Waals surface area contributed by atoms with Crippen molar-refractivity contribution in [2.24, 2.45) is 5.73 Å². The average molecular weight is 864 g/mol. The highest BCUT2D eigenvalue weighted by atomic mass is 31.2. The molecule has 0 saturated carbocycles. The third kappa shape index (κ3) is 43.5. The zero-order valence-corrected chi connectivity index (χ0v) is 38.8. The molecule has 11 heteroatoms. The molecule has 0 heterocycles. The van der Waals surface area contributed by atoms with Crippen molar-refractivity contribution in [1.29, 1.82) is 0 Å². The number of allylic oxidation sites excluding steroid dienone is 10. The smallest absolute Gasteiger partial charge is 0.462 e. The van der Waals surface area contributed by atoms with E-state index in [1.807, 2.05) is 12.2 Å². The van der Waals surface area contributed by atoms with Crippen molar-refractivity contribution < 1.29 is 42.4 Å². The van der Waals surface area contributed by atoms with Crippen LogP contribution in [0.4, 0.5) is 0 Å². The third-order valence-electron chi connectivity index (χ3n) is 9.85. The van der Waals surface area contributed by atoms with Crippen LogP contribution in [-0.2, 0) is 37.5 Å². The van der Waals surface area contributed by atoms with E-state index in [1.165, 1.54) is 122 Å². The third-order valence-corrected chi connectivity index (χ3v) is 10.8. The Morgan fingerprint density at radius 3 is 1.63 bits per heavy atom. The van der Waals surface area contributed by atoms with Crippen molar-refractivity contribution >= 4 is 25.5 Å². The van der Waals surface area contributed by atoms with E-state index in [9.17, 15) is 23.8 Å². The summed E-state index contributed by atoms with van der Waals surface area (Å²) in [6.07, 6.45) is 49.7. The second-order valence-electron chi connectivity index (χ2n) is 15.7. The first-order chi connectivity index (χ1) is 29.2. The normalized spacial score (nSPS) is 13.7. The van der Waals surface area contributed by atoms with Crippen LogP contribution in [0.5, 0.6) is 0 Å². The van der Waals surface area contributed by atoms with Crippen molar-refractivity contribution in [3.8, 4) is 0 Å². The lowest BCUT2D eigenvalue weighted by Crippen LogP contribution is -2.29. The van der Waals surface area contributed by atoms with Gasteiger partial charge in [-0.25, -0.2) is 4.57 Å². The van der Waals surface area contributed by atoms with Gasteiger partial charge in [0.2, 0.25) is 0 Å². The van der Waals surface area contributed by atoms with Crippen LogP contribution in [0.2, 0.25) is 0 Å². The molecular formula is C49H86NO9P. The number of hydrogen-bond acceptors (Lipinski definition) is 9. The van der Waals surface area contributed by atoms with Gasteiger partial charge in [0.1, 0.15) is 6.61 Å². The maximum atomic E-state index is 12.6. The Morgan fingerprint density at radius 2 is 1.03 bits per heavy atom. The van der Waals surface area contributed by atoms with Gasteiger partial charge in [0.15, 0.2) is 11.9 Å². The van der Waals surface area contributed by atoms with Crippen molar-refractivity contribution in [1.82, 2.24) is 0 Å². The number of carbonyl (C=O) groups is 3. The molecule has 0 bridgehead atoms. The second-order valence-corrected chi connectivity index (χ2v) is 17.1. The summed E-state index contributed by atoms with van der Waals surface area (Å²) in [7, 11) is -4.44. The Balaban J connectivity index is 4.25. The highest BCUT2D eigenvalue weighted by Crippen LogP contribution is 2.43. The van der Waals surface area contributed by atoms with Crippen LogP contribution in [0, 0.1) is 0 Å². The number of phosphoric ester groups is 1. The molecule has 0 aromatic heterocycles. The summed E-state index contributed by atoms with van der Waals surface area (Å²) in [6, 6.07) is 0. The molecule has 0 spiro atoms. The van der Waals surface area contributed by atoms with Gasteiger partial charge in [0.25, 0.3) is 0 Å². The van der Waals surface area contributed by atoms with Gasteiger partial charge in [-0.2, -0.15) is 0 Å². The van der Waals surface area contributed by atoms with Crippen molar-refractivity contribution in [2.45, 2.75) is 206 Å². The van der Waals surface area contributed by atoms with Gasteiger partial charge in [0, 0.05) is 25.8 Å². The van der Waals surface area contributed by atoms with E-state index in [1.54, 1.807) is 6.08 Å². The number of unbranched alkanes of at least 4 members (excludes halogenated alkanes) is 20. The van der Waals surface area contributed by atoms with E-state index in [0.717, 1.165) is 38.5 Å². The van der Waals surface area contributed by atoms with E-state index in [-0.39, 0.29) is 51.2 Å². The van der Waals surface area contributed by atoms with Crippen LogP contribution in [-0.4, -0.2) is 55.1 Å². The minimum atomic E-state index is -4.44. The standard InChI is InChI=1S/C49H86NO9P/c1-3-5-7-9-11-13-15-17-18-19-20-21-22-23-24-26-28-30-32-34-36-40-49(53)59-47(45-58-60(54,55)57-43-42-50)44-56-48(52)41-37-39-46(51)38-35-33-31-29-27-25-16-14-12-10-8-6-4-2/h12,14,17-18,25,27,31,33,35,38,47H,3-11,13,15-16,19-24,26,28-30,32,34,36-37,39-45,50H2,1-2H3,(H,54,55)/b14-12-,18-17-,27-25-,33-31-,38-35+/t47-/m1/s1. The average Bonchev–Trinajstić information content (AvgIpc) is 3.23. The molecule has 0 radical (unpaired) electrons. The number of carbonyl (C=O) groups excluding carboxylic acids is 3. The number of ether oxygens (including phenoxy) is 2. The van der Waals surface area contributed by atoms with Crippen LogP contribution in [0.15, 0.2) is 60.8 Å². The maximum Gasteiger partial charge on any atom is 0.472 e. The van der Waals surface area contributed by atoms with E-state index in [4.69, 9.17) is 24.3 Å². The summed E-state index contributed by atoms with van der Waals surface area (Å²) in [5.74, 6) is -1.19. The van der Waals surface area contributed by atoms with E-state index >= 15 is 0 Å². The predicted molar refractivity (Wildman–Crippen MR) is 248 cm³/mol.